The van der Waals surface area contributed by atoms with Crippen molar-refractivity contribution in [2.75, 3.05) is 0 Å². The average molecular weight is 244 g/mol. The average Bonchev–Trinajstić information content (AvgIpc) is 2.99. The van der Waals surface area contributed by atoms with Gasteiger partial charge in [-0.15, -0.1) is 0 Å². The SMILES string of the molecule is O=C=NC1(c2ccc3cc[nH]c3c2F)CCCC1. The molecule has 2 aromatic rings. The van der Waals surface area contributed by atoms with Crippen LogP contribution in [0.1, 0.15) is 31.2 Å². The summed E-state index contributed by atoms with van der Waals surface area (Å²) in [5.74, 6) is -0.293. The lowest BCUT2D eigenvalue weighted by molar-refractivity contribution is 0.433. The summed E-state index contributed by atoms with van der Waals surface area (Å²) < 4.78 is 14.5. The minimum Gasteiger partial charge on any atom is -0.359 e. The van der Waals surface area contributed by atoms with Crippen LogP contribution in [0, 0.1) is 5.82 Å². The molecule has 0 unspecified atom stereocenters. The molecule has 0 radical (unpaired) electrons. The normalized spacial score (nSPS) is 17.8. The Balaban J connectivity index is 2.23. The van der Waals surface area contributed by atoms with Crippen LogP contribution in [0.25, 0.3) is 10.9 Å². The third-order valence-corrected chi connectivity index (χ3v) is 3.86. The molecule has 1 fully saturated rings. The van der Waals surface area contributed by atoms with Gasteiger partial charge in [0.15, 0.2) is 5.82 Å². The number of hydrogen-bond donors (Lipinski definition) is 1. The lowest BCUT2D eigenvalue weighted by Gasteiger charge is -2.23. The van der Waals surface area contributed by atoms with E-state index in [1.54, 1.807) is 18.3 Å². The number of fused-ring (bicyclic) bond motifs is 1. The van der Waals surface area contributed by atoms with Crippen LogP contribution in [-0.2, 0) is 10.3 Å². The highest BCUT2D eigenvalue weighted by Gasteiger charge is 2.38. The number of hydrogen-bond acceptors (Lipinski definition) is 2. The standard InChI is InChI=1S/C14H13FN2O/c15-12-11(4-3-10-5-8-16-13(10)12)14(17-9-18)6-1-2-7-14/h3-5,8,16H,1-2,6-7H2. The molecule has 1 aliphatic carbocycles. The van der Waals surface area contributed by atoms with E-state index in [0.29, 0.717) is 23.9 Å². The topological polar surface area (TPSA) is 45.2 Å². The Kier molecular flexibility index (Phi) is 2.53. The van der Waals surface area contributed by atoms with Gasteiger partial charge >= 0.3 is 0 Å². The van der Waals surface area contributed by atoms with Gasteiger partial charge in [0, 0.05) is 17.1 Å². The van der Waals surface area contributed by atoms with Crippen LogP contribution in [0.15, 0.2) is 29.4 Å². The smallest absolute Gasteiger partial charge is 0.235 e. The van der Waals surface area contributed by atoms with Crippen molar-refractivity contribution in [3.8, 4) is 0 Å². The Morgan fingerprint density at radius 1 is 1.28 bits per heavy atom. The van der Waals surface area contributed by atoms with Crippen LogP contribution in [0.2, 0.25) is 0 Å². The van der Waals surface area contributed by atoms with Crippen molar-refractivity contribution >= 4 is 17.0 Å². The quantitative estimate of drug-likeness (QED) is 0.638. The molecule has 0 aliphatic heterocycles. The Labute approximate surface area is 104 Å². The van der Waals surface area contributed by atoms with Crippen LogP contribution >= 0.6 is 0 Å². The summed E-state index contributed by atoms with van der Waals surface area (Å²) in [6.45, 7) is 0. The molecular weight excluding hydrogens is 231 g/mol. The molecule has 0 amide bonds. The third-order valence-electron chi connectivity index (χ3n) is 3.86. The molecule has 1 heterocycles. The molecule has 3 rings (SSSR count). The number of aromatic amines is 1. The highest BCUT2D eigenvalue weighted by Crippen LogP contribution is 2.44. The van der Waals surface area contributed by atoms with Gasteiger partial charge in [-0.3, -0.25) is 0 Å². The first-order valence-corrected chi connectivity index (χ1v) is 6.12. The molecule has 0 atom stereocenters. The van der Waals surface area contributed by atoms with Crippen molar-refractivity contribution in [2.24, 2.45) is 4.99 Å². The molecule has 1 N–H and O–H groups in total. The zero-order chi connectivity index (χ0) is 12.6. The van der Waals surface area contributed by atoms with E-state index >= 15 is 0 Å². The van der Waals surface area contributed by atoms with Gasteiger partial charge in [-0.2, -0.15) is 4.99 Å². The molecular formula is C14H13FN2O. The van der Waals surface area contributed by atoms with Gasteiger partial charge in [0.25, 0.3) is 0 Å². The second-order valence-corrected chi connectivity index (χ2v) is 4.81. The van der Waals surface area contributed by atoms with Gasteiger partial charge in [0.1, 0.15) is 5.54 Å². The van der Waals surface area contributed by atoms with Crippen molar-refractivity contribution < 1.29 is 9.18 Å². The molecule has 3 nitrogen and oxygen atoms in total. The van der Waals surface area contributed by atoms with Crippen molar-refractivity contribution in [1.29, 1.82) is 0 Å². The fourth-order valence-corrected chi connectivity index (χ4v) is 2.94. The first-order chi connectivity index (χ1) is 8.77. The Bertz CT molecular complexity index is 634. The van der Waals surface area contributed by atoms with Crippen molar-refractivity contribution in [3.63, 3.8) is 0 Å². The molecule has 0 bridgehead atoms. The first kappa shape index (κ1) is 11.2. The fourth-order valence-electron chi connectivity index (χ4n) is 2.94. The van der Waals surface area contributed by atoms with Gasteiger partial charge in [-0.25, -0.2) is 9.18 Å². The lowest BCUT2D eigenvalue weighted by Crippen LogP contribution is -2.20. The van der Waals surface area contributed by atoms with Gasteiger partial charge in [-0.05, 0) is 18.9 Å². The molecule has 1 aromatic carbocycles. The maximum atomic E-state index is 14.5. The maximum Gasteiger partial charge on any atom is 0.235 e. The predicted molar refractivity (Wildman–Crippen MR) is 66.5 cm³/mol. The van der Waals surface area contributed by atoms with E-state index in [1.807, 2.05) is 12.1 Å². The number of nitrogens with zero attached hydrogens (tertiary/aromatic N) is 1. The van der Waals surface area contributed by atoms with E-state index in [9.17, 15) is 9.18 Å². The number of rotatable bonds is 2. The Morgan fingerprint density at radius 3 is 2.78 bits per heavy atom. The van der Waals surface area contributed by atoms with Gasteiger partial charge in [0.05, 0.1) is 5.52 Å². The molecule has 0 spiro atoms. The molecule has 1 saturated carbocycles. The zero-order valence-electron chi connectivity index (χ0n) is 9.87. The summed E-state index contributed by atoms with van der Waals surface area (Å²) in [4.78, 5) is 17.5. The van der Waals surface area contributed by atoms with Crippen molar-refractivity contribution in [1.82, 2.24) is 4.98 Å². The van der Waals surface area contributed by atoms with Crippen LogP contribution < -0.4 is 0 Å². The molecule has 1 aromatic heterocycles. The fraction of sp³-hybridized carbons (Fsp3) is 0.357. The number of H-pyrrole nitrogens is 1. The van der Waals surface area contributed by atoms with Crippen molar-refractivity contribution in [2.45, 2.75) is 31.2 Å². The number of aliphatic imine (C=N–C) groups is 1. The second-order valence-electron chi connectivity index (χ2n) is 4.81. The van der Waals surface area contributed by atoms with E-state index in [4.69, 9.17) is 0 Å². The van der Waals surface area contributed by atoms with Crippen LogP contribution in [0.3, 0.4) is 0 Å². The highest BCUT2D eigenvalue weighted by molar-refractivity contribution is 5.81. The third kappa shape index (κ3) is 1.50. The summed E-state index contributed by atoms with van der Waals surface area (Å²) in [6.07, 6.45) is 6.69. The first-order valence-electron chi connectivity index (χ1n) is 6.12. The summed E-state index contributed by atoms with van der Waals surface area (Å²) in [5.41, 5.74) is 0.295. The highest BCUT2D eigenvalue weighted by atomic mass is 19.1. The number of carbonyl (C=O) groups excluding carboxylic acids is 1. The molecule has 1 aliphatic rings. The molecule has 18 heavy (non-hydrogen) atoms. The van der Waals surface area contributed by atoms with Gasteiger partial charge in [-0.1, -0.05) is 25.0 Å². The largest absolute Gasteiger partial charge is 0.359 e. The monoisotopic (exact) mass is 244 g/mol. The molecule has 0 saturated heterocycles. The van der Waals surface area contributed by atoms with E-state index in [2.05, 4.69) is 9.98 Å². The van der Waals surface area contributed by atoms with Crippen molar-refractivity contribution in [3.05, 3.63) is 35.8 Å². The summed E-state index contributed by atoms with van der Waals surface area (Å²) in [7, 11) is 0. The second kappa shape index (κ2) is 4.07. The Hall–Kier alpha value is -1.93. The number of isocyanates is 1. The Morgan fingerprint density at radius 2 is 2.06 bits per heavy atom. The van der Waals surface area contributed by atoms with Gasteiger partial charge in [0.2, 0.25) is 6.08 Å². The maximum absolute atomic E-state index is 14.5. The summed E-state index contributed by atoms with van der Waals surface area (Å²) in [6, 6.07) is 5.44. The molecule has 4 heteroatoms. The van der Waals surface area contributed by atoms with E-state index < -0.39 is 5.54 Å². The van der Waals surface area contributed by atoms with Crippen LogP contribution in [0.5, 0.6) is 0 Å². The van der Waals surface area contributed by atoms with E-state index in [-0.39, 0.29) is 5.82 Å². The predicted octanol–water partition coefficient (Wildman–Crippen LogP) is 3.41. The summed E-state index contributed by atoms with van der Waals surface area (Å²) in [5, 5.41) is 0.833. The number of benzene rings is 1. The number of nitrogens with one attached hydrogen (secondary N) is 1. The zero-order valence-corrected chi connectivity index (χ0v) is 9.87. The summed E-state index contributed by atoms with van der Waals surface area (Å²) >= 11 is 0. The van der Waals surface area contributed by atoms with Crippen LogP contribution in [-0.4, -0.2) is 11.1 Å². The van der Waals surface area contributed by atoms with E-state index in [1.165, 1.54) is 0 Å². The molecule has 92 valence electrons. The minimum atomic E-state index is -0.703. The van der Waals surface area contributed by atoms with Gasteiger partial charge < -0.3 is 4.98 Å². The number of aromatic nitrogens is 1. The number of halogens is 1. The van der Waals surface area contributed by atoms with Crippen LogP contribution in [0.4, 0.5) is 4.39 Å². The van der Waals surface area contributed by atoms with E-state index in [0.717, 1.165) is 18.2 Å². The minimum absolute atomic E-state index is 0.293. The lowest BCUT2D eigenvalue weighted by atomic mass is 9.88.